The van der Waals surface area contributed by atoms with Gasteiger partial charge in [0, 0.05) is 38.9 Å². The Hall–Kier alpha value is -0.130. The molecule has 0 rings (SSSR count). The summed E-state index contributed by atoms with van der Waals surface area (Å²) in [6.07, 6.45) is 2.04. The normalized spacial score (nSPS) is 12.7. The lowest BCUT2D eigenvalue weighted by Crippen LogP contribution is -2.53. The molecule has 7 nitrogen and oxygen atoms in total. The zero-order valence-electron chi connectivity index (χ0n) is 13.5. The van der Waals surface area contributed by atoms with Gasteiger partial charge in [0.05, 0.1) is 6.26 Å². The number of rotatable bonds is 9. The predicted molar refractivity (Wildman–Crippen MR) is 97.9 cm³/mol. The number of nitrogens with one attached hydrogen (secondary N) is 3. The van der Waals surface area contributed by atoms with Crippen LogP contribution in [-0.4, -0.2) is 59.5 Å². The topological polar surface area (TPSA) is 91.8 Å². The van der Waals surface area contributed by atoms with E-state index in [0.29, 0.717) is 19.1 Å². The summed E-state index contributed by atoms with van der Waals surface area (Å²) in [6, 6.07) is 0. The van der Waals surface area contributed by atoms with Crippen LogP contribution in [0.3, 0.4) is 0 Å². The van der Waals surface area contributed by atoms with Crippen LogP contribution in [0.1, 0.15) is 27.2 Å². The van der Waals surface area contributed by atoms with Gasteiger partial charge in [0.1, 0.15) is 0 Å². The molecule has 0 unspecified atom stereocenters. The SMILES string of the molecule is CCOCCCNC(=NC)NCC(C)(C)NS(C)(=O)=O.I. The fourth-order valence-corrected chi connectivity index (χ4v) is 2.66. The average Bonchev–Trinajstić information content (AvgIpc) is 2.29. The molecule has 0 spiro atoms. The van der Waals surface area contributed by atoms with Gasteiger partial charge in [-0.3, -0.25) is 4.99 Å². The molecular weight excluding hydrogens is 407 g/mol. The van der Waals surface area contributed by atoms with Gasteiger partial charge in [0.15, 0.2) is 5.96 Å². The van der Waals surface area contributed by atoms with E-state index in [4.69, 9.17) is 4.74 Å². The minimum absolute atomic E-state index is 0. The minimum atomic E-state index is -3.23. The van der Waals surface area contributed by atoms with Crippen LogP contribution in [0.2, 0.25) is 0 Å². The quantitative estimate of drug-likeness (QED) is 0.212. The Labute approximate surface area is 145 Å². The predicted octanol–water partition coefficient (Wildman–Crippen LogP) is 0.524. The van der Waals surface area contributed by atoms with Gasteiger partial charge in [0.2, 0.25) is 10.0 Å². The molecule has 0 aliphatic heterocycles. The molecule has 0 bridgehead atoms. The second-order valence-electron chi connectivity index (χ2n) is 5.16. The van der Waals surface area contributed by atoms with E-state index in [1.807, 2.05) is 20.8 Å². The molecular formula is C12H29IN4O3S. The van der Waals surface area contributed by atoms with Crippen molar-refractivity contribution in [1.82, 2.24) is 15.4 Å². The molecule has 3 N–H and O–H groups in total. The van der Waals surface area contributed by atoms with Crippen molar-refractivity contribution in [3.63, 3.8) is 0 Å². The number of guanidine groups is 1. The van der Waals surface area contributed by atoms with E-state index in [1.165, 1.54) is 0 Å². The number of aliphatic imine (C=N–C) groups is 1. The van der Waals surface area contributed by atoms with Crippen LogP contribution in [-0.2, 0) is 14.8 Å². The standard InChI is InChI=1S/C12H28N4O3S.HI/c1-6-19-9-7-8-14-11(13-4)15-10-12(2,3)16-20(5,17)18;/h16H,6-10H2,1-5H3,(H2,13,14,15);1H. The maximum atomic E-state index is 11.2. The summed E-state index contributed by atoms with van der Waals surface area (Å²) >= 11 is 0. The third-order valence-electron chi connectivity index (χ3n) is 2.35. The molecule has 0 saturated heterocycles. The second-order valence-corrected chi connectivity index (χ2v) is 6.91. The Kier molecular flexibility index (Phi) is 12.6. The highest BCUT2D eigenvalue weighted by Gasteiger charge is 2.22. The van der Waals surface area contributed by atoms with Crippen molar-refractivity contribution in [2.24, 2.45) is 4.99 Å². The maximum Gasteiger partial charge on any atom is 0.209 e. The van der Waals surface area contributed by atoms with E-state index in [9.17, 15) is 8.42 Å². The van der Waals surface area contributed by atoms with Crippen LogP contribution < -0.4 is 15.4 Å². The largest absolute Gasteiger partial charge is 0.382 e. The fraction of sp³-hybridized carbons (Fsp3) is 0.917. The van der Waals surface area contributed by atoms with Crippen LogP contribution in [0.4, 0.5) is 0 Å². The van der Waals surface area contributed by atoms with Gasteiger partial charge in [0.25, 0.3) is 0 Å². The summed E-state index contributed by atoms with van der Waals surface area (Å²) in [5.74, 6) is 0.643. The van der Waals surface area contributed by atoms with Gasteiger partial charge in [-0.2, -0.15) is 0 Å². The van der Waals surface area contributed by atoms with E-state index in [1.54, 1.807) is 7.05 Å². The zero-order valence-corrected chi connectivity index (χ0v) is 16.7. The molecule has 0 fully saturated rings. The third kappa shape index (κ3) is 14.6. The lowest BCUT2D eigenvalue weighted by molar-refractivity contribution is 0.145. The summed E-state index contributed by atoms with van der Waals surface area (Å²) in [6.45, 7) is 8.20. The zero-order chi connectivity index (χ0) is 15.6. The van der Waals surface area contributed by atoms with Crippen molar-refractivity contribution in [3.8, 4) is 0 Å². The highest BCUT2D eigenvalue weighted by molar-refractivity contribution is 14.0. The van der Waals surface area contributed by atoms with Gasteiger partial charge in [-0.1, -0.05) is 0 Å². The minimum Gasteiger partial charge on any atom is -0.382 e. The molecule has 0 aromatic rings. The molecule has 0 aliphatic rings. The smallest absolute Gasteiger partial charge is 0.209 e. The number of ether oxygens (including phenoxy) is 1. The molecule has 0 atom stereocenters. The molecule has 0 radical (unpaired) electrons. The van der Waals surface area contributed by atoms with Crippen LogP contribution in [0.5, 0.6) is 0 Å². The Morgan fingerprint density at radius 1 is 1.29 bits per heavy atom. The first-order valence-corrected chi connectivity index (χ1v) is 8.60. The molecule has 0 saturated carbocycles. The lowest BCUT2D eigenvalue weighted by Gasteiger charge is -2.26. The maximum absolute atomic E-state index is 11.2. The Morgan fingerprint density at radius 2 is 1.90 bits per heavy atom. The summed E-state index contributed by atoms with van der Waals surface area (Å²) in [7, 11) is -1.55. The molecule has 9 heteroatoms. The third-order valence-corrected chi connectivity index (χ3v) is 3.27. The number of halogens is 1. The molecule has 0 heterocycles. The van der Waals surface area contributed by atoms with Crippen LogP contribution in [0.15, 0.2) is 4.99 Å². The molecule has 128 valence electrons. The van der Waals surface area contributed by atoms with Crippen molar-refractivity contribution in [3.05, 3.63) is 0 Å². The summed E-state index contributed by atoms with van der Waals surface area (Å²) in [4.78, 5) is 4.08. The Morgan fingerprint density at radius 3 is 2.38 bits per heavy atom. The van der Waals surface area contributed by atoms with E-state index < -0.39 is 15.6 Å². The first-order valence-electron chi connectivity index (χ1n) is 6.71. The molecule has 0 aromatic carbocycles. The molecule has 21 heavy (non-hydrogen) atoms. The van der Waals surface area contributed by atoms with E-state index in [2.05, 4.69) is 20.3 Å². The van der Waals surface area contributed by atoms with Crippen molar-refractivity contribution in [2.45, 2.75) is 32.7 Å². The first-order chi connectivity index (χ1) is 9.20. The lowest BCUT2D eigenvalue weighted by atomic mass is 10.1. The van der Waals surface area contributed by atoms with Crippen LogP contribution in [0.25, 0.3) is 0 Å². The second kappa shape index (κ2) is 11.4. The molecule has 0 aromatic heterocycles. The number of sulfonamides is 1. The highest BCUT2D eigenvalue weighted by atomic mass is 127. The first kappa shape index (κ1) is 23.1. The fourth-order valence-electron chi connectivity index (χ4n) is 1.59. The average molecular weight is 436 g/mol. The number of nitrogens with zero attached hydrogens (tertiary/aromatic N) is 1. The van der Waals surface area contributed by atoms with Crippen molar-refractivity contribution in [1.29, 1.82) is 0 Å². The van der Waals surface area contributed by atoms with Crippen molar-refractivity contribution >= 4 is 40.0 Å². The summed E-state index contributed by atoms with van der Waals surface area (Å²) < 4.78 is 30.3. The van der Waals surface area contributed by atoms with E-state index in [-0.39, 0.29) is 24.0 Å². The Balaban J connectivity index is 0. The van der Waals surface area contributed by atoms with Crippen LogP contribution >= 0.6 is 24.0 Å². The van der Waals surface area contributed by atoms with E-state index >= 15 is 0 Å². The number of hydrogen-bond donors (Lipinski definition) is 3. The highest BCUT2D eigenvalue weighted by Crippen LogP contribution is 2.01. The van der Waals surface area contributed by atoms with Gasteiger partial charge in [-0.05, 0) is 27.2 Å². The Bertz CT molecular complexity index is 399. The van der Waals surface area contributed by atoms with Crippen molar-refractivity contribution in [2.75, 3.05) is 39.6 Å². The van der Waals surface area contributed by atoms with Gasteiger partial charge in [-0.15, -0.1) is 24.0 Å². The van der Waals surface area contributed by atoms with Crippen molar-refractivity contribution < 1.29 is 13.2 Å². The van der Waals surface area contributed by atoms with Gasteiger partial charge >= 0.3 is 0 Å². The van der Waals surface area contributed by atoms with E-state index in [0.717, 1.165) is 25.8 Å². The van der Waals surface area contributed by atoms with Gasteiger partial charge < -0.3 is 15.4 Å². The molecule has 0 aliphatic carbocycles. The van der Waals surface area contributed by atoms with Gasteiger partial charge in [-0.25, -0.2) is 13.1 Å². The molecule has 0 amide bonds. The summed E-state index contributed by atoms with van der Waals surface area (Å²) in [5.41, 5.74) is -0.587. The number of hydrogen-bond acceptors (Lipinski definition) is 4. The monoisotopic (exact) mass is 436 g/mol. The van der Waals surface area contributed by atoms with Crippen LogP contribution in [0, 0.1) is 0 Å². The summed E-state index contributed by atoms with van der Waals surface area (Å²) in [5, 5.41) is 6.24.